The summed E-state index contributed by atoms with van der Waals surface area (Å²) in [4.78, 5) is 12.3. The Morgan fingerprint density at radius 1 is 0.642 bits per heavy atom. The molecule has 1 N–H and O–H groups in total. The number of aliphatic carboxylic acids is 1. The molecule has 0 aliphatic carbocycles. The molecule has 0 atom stereocenters. The first-order chi connectivity index (χ1) is 31.7. The van der Waals surface area contributed by atoms with E-state index in [2.05, 4.69) is 4.85 Å². The van der Waals surface area contributed by atoms with E-state index in [4.69, 9.17) is 35.4 Å². The molecule has 4 aromatic carbocycles. The lowest BCUT2D eigenvalue weighted by molar-refractivity contribution is -0.134. The summed E-state index contributed by atoms with van der Waals surface area (Å²) in [6, 6.07) is 25.3. The molecule has 15 heteroatoms. The number of anilines is 2. The van der Waals surface area contributed by atoms with E-state index in [0.717, 1.165) is 92.7 Å². The van der Waals surface area contributed by atoms with Crippen molar-refractivity contribution in [3.8, 4) is 11.5 Å². The molecular formula is C52H73N3O10S2. The summed E-state index contributed by atoms with van der Waals surface area (Å²) in [6.07, 6.45) is 4.03. The number of rotatable bonds is 16. The van der Waals surface area contributed by atoms with Crippen molar-refractivity contribution in [3.63, 3.8) is 0 Å². The Balaban J connectivity index is 0.000000312. The fraction of sp³-hybridized carbons (Fsp3) is 0.500. The van der Waals surface area contributed by atoms with Gasteiger partial charge in [-0.3, -0.25) is 13.4 Å². The van der Waals surface area contributed by atoms with Crippen LogP contribution in [0.2, 0.25) is 0 Å². The van der Waals surface area contributed by atoms with Crippen molar-refractivity contribution >= 4 is 37.4 Å². The van der Waals surface area contributed by atoms with Crippen molar-refractivity contribution in [1.82, 2.24) is 0 Å². The molecule has 0 amide bonds. The van der Waals surface area contributed by atoms with Crippen LogP contribution in [0, 0.1) is 57.9 Å². The first-order valence-corrected chi connectivity index (χ1v) is 25.8. The van der Waals surface area contributed by atoms with E-state index >= 15 is 0 Å². The van der Waals surface area contributed by atoms with Gasteiger partial charge in [0, 0.05) is 46.4 Å². The highest BCUT2D eigenvalue weighted by molar-refractivity contribution is 7.93. The van der Waals surface area contributed by atoms with Crippen LogP contribution in [0.25, 0.3) is 4.85 Å². The number of ether oxygens (including phenoxy) is 4. The van der Waals surface area contributed by atoms with Crippen molar-refractivity contribution < 1.29 is 45.7 Å². The maximum absolute atomic E-state index is 13.5. The molecule has 0 spiro atoms. The topological polar surface area (TPSA) is 153 Å². The second kappa shape index (κ2) is 27.6. The van der Waals surface area contributed by atoms with Crippen molar-refractivity contribution in [2.75, 3.05) is 68.4 Å². The van der Waals surface area contributed by atoms with Crippen LogP contribution >= 0.6 is 0 Å². The maximum Gasteiger partial charge on any atom is 0.300 e. The number of hydrogen-bond donors (Lipinski definition) is 1. The van der Waals surface area contributed by atoms with Crippen LogP contribution in [0.5, 0.6) is 11.5 Å². The molecule has 2 aliphatic heterocycles. The minimum Gasteiger partial charge on any atom is -0.493 e. The van der Waals surface area contributed by atoms with Gasteiger partial charge in [0.05, 0.1) is 34.4 Å². The highest BCUT2D eigenvalue weighted by Crippen LogP contribution is 2.32. The van der Waals surface area contributed by atoms with Gasteiger partial charge >= 0.3 is 0 Å². The Morgan fingerprint density at radius 3 is 1.21 bits per heavy atom. The predicted molar refractivity (Wildman–Crippen MR) is 267 cm³/mol. The van der Waals surface area contributed by atoms with Gasteiger partial charge in [0.2, 0.25) is 7.05 Å². The smallest absolute Gasteiger partial charge is 0.300 e. The third-order valence-electron chi connectivity index (χ3n) is 10.8. The predicted octanol–water partition coefficient (Wildman–Crippen LogP) is 10.5. The number of carbonyl (C=O) groups is 1. The molecular weight excluding hydrogens is 891 g/mol. The van der Waals surface area contributed by atoms with E-state index in [-0.39, 0.29) is 21.6 Å². The van der Waals surface area contributed by atoms with Gasteiger partial charge in [0.15, 0.2) is 0 Å². The van der Waals surface area contributed by atoms with Gasteiger partial charge in [-0.25, -0.2) is 23.4 Å². The zero-order valence-electron chi connectivity index (χ0n) is 41.2. The van der Waals surface area contributed by atoms with Crippen molar-refractivity contribution in [3.05, 3.63) is 119 Å². The lowest BCUT2D eigenvalue weighted by Crippen LogP contribution is -2.34. The van der Waals surface area contributed by atoms with E-state index in [1.807, 2.05) is 91.8 Å². The van der Waals surface area contributed by atoms with Gasteiger partial charge in [0.1, 0.15) is 11.5 Å². The molecule has 67 heavy (non-hydrogen) atoms. The SMILES string of the molecule is CC(=O)O.Cc1ccc(N(CC(C)C)S(=O)(=O)c2ccc(OCC3CCOCC3)cc2)c(C)c1.Cc1ccc(N(CC(C)C)S(=O)(=O)c2ccc(OCC3CCOCC3)cc2)c(C)c1.[C-]#[N+]C. The van der Waals surface area contributed by atoms with Crippen LogP contribution in [0.3, 0.4) is 0 Å². The fourth-order valence-corrected chi connectivity index (χ4v) is 10.8. The van der Waals surface area contributed by atoms with Gasteiger partial charge < -0.3 is 28.9 Å². The van der Waals surface area contributed by atoms with Gasteiger partial charge in [-0.1, -0.05) is 63.1 Å². The number of carboxylic acid groups (broad SMARTS) is 1. The van der Waals surface area contributed by atoms with Crippen LogP contribution in [-0.2, 0) is 34.3 Å². The van der Waals surface area contributed by atoms with Crippen molar-refractivity contribution in [1.29, 1.82) is 0 Å². The number of sulfonamides is 2. The van der Waals surface area contributed by atoms with Gasteiger partial charge in [-0.05, 0) is 149 Å². The monoisotopic (exact) mass is 963 g/mol. The molecule has 0 radical (unpaired) electrons. The number of carboxylic acids is 1. The Labute approximate surface area is 401 Å². The summed E-state index contributed by atoms with van der Waals surface area (Å²) < 4.78 is 79.6. The molecule has 13 nitrogen and oxygen atoms in total. The zero-order valence-corrected chi connectivity index (χ0v) is 42.8. The molecule has 2 heterocycles. The fourth-order valence-electron chi connectivity index (χ4n) is 7.41. The maximum atomic E-state index is 13.5. The first-order valence-electron chi connectivity index (χ1n) is 23.0. The van der Waals surface area contributed by atoms with E-state index in [0.29, 0.717) is 49.6 Å². The van der Waals surface area contributed by atoms with Crippen molar-refractivity contribution in [2.45, 2.75) is 97.8 Å². The summed E-state index contributed by atoms with van der Waals surface area (Å²) in [6.45, 7) is 28.2. The lowest BCUT2D eigenvalue weighted by atomic mass is 10.0. The Bertz CT molecular complexity index is 2230. The normalized spacial score (nSPS) is 14.3. The third-order valence-corrected chi connectivity index (χ3v) is 14.4. The zero-order chi connectivity index (χ0) is 49.7. The first kappa shape index (κ1) is 56.2. The minimum absolute atomic E-state index is 0.197. The molecule has 0 unspecified atom stereocenters. The molecule has 6 rings (SSSR count). The average Bonchev–Trinajstić information content (AvgIpc) is 3.27. The molecule has 0 saturated carbocycles. The second-order valence-corrected chi connectivity index (χ2v) is 21.6. The standard InChI is InChI=1S/2C24H33NO4S.C2H3N.C2H4O2/c2*1-18(2)16-25(24-10-5-19(3)15-20(24)4)30(26,27)23-8-6-22(7-9-23)29-17-21-11-13-28-14-12-21;1-3-2;1-2(3)4/h2*5-10,15,18,21H,11-14,16-17H2,1-4H3;1H3;1H3,(H,3,4). The summed E-state index contributed by atoms with van der Waals surface area (Å²) in [7, 11) is -5.93. The summed E-state index contributed by atoms with van der Waals surface area (Å²) >= 11 is 0. The summed E-state index contributed by atoms with van der Waals surface area (Å²) in [5, 5.41) is 7.42. The molecule has 0 bridgehead atoms. The van der Waals surface area contributed by atoms with E-state index in [1.54, 1.807) is 48.5 Å². The number of benzene rings is 4. The van der Waals surface area contributed by atoms with Crippen LogP contribution in [-0.4, -0.2) is 87.7 Å². The molecule has 2 aliphatic rings. The highest BCUT2D eigenvalue weighted by Gasteiger charge is 2.29. The average molecular weight is 964 g/mol. The lowest BCUT2D eigenvalue weighted by Gasteiger charge is -2.28. The third kappa shape index (κ3) is 18.5. The molecule has 2 fully saturated rings. The summed E-state index contributed by atoms with van der Waals surface area (Å²) in [5.74, 6) is 1.94. The number of nitrogens with zero attached hydrogens (tertiary/aromatic N) is 3. The number of aryl methyl sites for hydroxylation is 4. The van der Waals surface area contributed by atoms with Crippen LogP contribution in [0.1, 0.15) is 82.6 Å². The van der Waals surface area contributed by atoms with Crippen LogP contribution in [0.4, 0.5) is 11.4 Å². The largest absolute Gasteiger partial charge is 0.493 e. The van der Waals surface area contributed by atoms with Crippen LogP contribution < -0.4 is 18.1 Å². The van der Waals surface area contributed by atoms with E-state index < -0.39 is 26.0 Å². The van der Waals surface area contributed by atoms with Gasteiger partial charge in [0.25, 0.3) is 26.0 Å². The Hall–Kier alpha value is -5.14. The van der Waals surface area contributed by atoms with Gasteiger partial charge in [-0.2, -0.15) is 0 Å². The molecule has 2 saturated heterocycles. The van der Waals surface area contributed by atoms with Crippen LogP contribution in [0.15, 0.2) is 94.7 Å². The minimum atomic E-state index is -3.68. The molecule has 4 aromatic rings. The van der Waals surface area contributed by atoms with Gasteiger partial charge in [-0.15, -0.1) is 0 Å². The Morgan fingerprint density at radius 2 is 0.940 bits per heavy atom. The summed E-state index contributed by atoms with van der Waals surface area (Å²) in [5.41, 5.74) is 5.60. The highest BCUT2D eigenvalue weighted by atomic mass is 32.2. The molecule has 0 aromatic heterocycles. The van der Waals surface area contributed by atoms with E-state index in [1.165, 1.54) is 15.7 Å². The number of hydrogen-bond acceptors (Lipinski definition) is 9. The molecule has 368 valence electrons. The Kier molecular flexibility index (Phi) is 23.2. The second-order valence-electron chi connectivity index (χ2n) is 17.9. The van der Waals surface area contributed by atoms with E-state index in [9.17, 15) is 16.8 Å². The van der Waals surface area contributed by atoms with Crippen molar-refractivity contribution in [2.24, 2.45) is 23.7 Å². The quantitative estimate of drug-likeness (QED) is 0.107.